The van der Waals surface area contributed by atoms with Crippen molar-refractivity contribution >= 4 is 22.8 Å². The van der Waals surface area contributed by atoms with Crippen molar-refractivity contribution in [2.24, 2.45) is 5.92 Å². The molecule has 5 nitrogen and oxygen atoms in total. The minimum Gasteiger partial charge on any atom is -0.338 e. The smallest absolute Gasteiger partial charge is 0.319 e. The monoisotopic (exact) mass is 412 g/mol. The van der Waals surface area contributed by atoms with Gasteiger partial charge < -0.3 is 10.6 Å². The second-order valence-electron chi connectivity index (χ2n) is 8.17. The van der Waals surface area contributed by atoms with Crippen LogP contribution in [0.3, 0.4) is 0 Å². The van der Waals surface area contributed by atoms with E-state index in [4.69, 9.17) is 4.98 Å². The molecule has 5 heteroatoms. The van der Waals surface area contributed by atoms with Gasteiger partial charge in [-0.25, -0.2) is 9.78 Å². The molecule has 1 aromatic heterocycles. The van der Waals surface area contributed by atoms with Gasteiger partial charge in [0, 0.05) is 17.9 Å². The van der Waals surface area contributed by atoms with Gasteiger partial charge in [-0.3, -0.25) is 4.57 Å². The van der Waals surface area contributed by atoms with E-state index in [1.807, 2.05) is 49.4 Å². The zero-order valence-corrected chi connectivity index (χ0v) is 18.2. The van der Waals surface area contributed by atoms with Crippen LogP contribution in [-0.4, -0.2) is 22.1 Å². The fourth-order valence-electron chi connectivity index (χ4n) is 3.68. The number of para-hydroxylation sites is 1. The van der Waals surface area contributed by atoms with Gasteiger partial charge in [0.25, 0.3) is 0 Å². The first kappa shape index (κ1) is 20.7. The summed E-state index contributed by atoms with van der Waals surface area (Å²) in [6, 6.07) is 24.3. The van der Waals surface area contributed by atoms with Crippen LogP contribution in [0, 0.1) is 12.8 Å². The van der Waals surface area contributed by atoms with E-state index in [0.29, 0.717) is 12.5 Å². The van der Waals surface area contributed by atoms with Crippen molar-refractivity contribution < 1.29 is 4.79 Å². The Morgan fingerprint density at radius 2 is 1.68 bits per heavy atom. The number of anilines is 1. The molecule has 0 aliphatic carbocycles. The zero-order chi connectivity index (χ0) is 21.8. The van der Waals surface area contributed by atoms with E-state index in [1.54, 1.807) is 0 Å². The summed E-state index contributed by atoms with van der Waals surface area (Å²) in [6.45, 7) is 6.99. The lowest BCUT2D eigenvalue weighted by atomic mass is 10.0. The highest BCUT2D eigenvalue weighted by Crippen LogP contribution is 2.27. The Kier molecular flexibility index (Phi) is 6.03. The third-order valence-electron chi connectivity index (χ3n) is 5.32. The molecule has 0 saturated carbocycles. The van der Waals surface area contributed by atoms with Crippen LogP contribution >= 0.6 is 0 Å². The van der Waals surface area contributed by atoms with Crippen LogP contribution in [0.4, 0.5) is 10.5 Å². The molecular weight excluding hydrogens is 384 g/mol. The number of hydrogen-bond acceptors (Lipinski definition) is 2. The van der Waals surface area contributed by atoms with E-state index in [-0.39, 0.29) is 6.03 Å². The fourth-order valence-corrected chi connectivity index (χ4v) is 3.68. The first-order valence-electron chi connectivity index (χ1n) is 10.7. The highest BCUT2D eigenvalue weighted by Gasteiger charge is 2.10. The van der Waals surface area contributed by atoms with Crippen molar-refractivity contribution in [3.63, 3.8) is 0 Å². The number of carbonyl (C=O) groups is 1. The molecule has 4 rings (SSSR count). The molecule has 0 bridgehead atoms. The number of nitrogens with zero attached hydrogens (tertiary/aromatic N) is 2. The maximum atomic E-state index is 12.0. The summed E-state index contributed by atoms with van der Waals surface area (Å²) in [7, 11) is 0. The molecule has 0 aliphatic heterocycles. The summed E-state index contributed by atoms with van der Waals surface area (Å²) in [4.78, 5) is 16.8. The number of benzene rings is 3. The van der Waals surface area contributed by atoms with Gasteiger partial charge in [-0.2, -0.15) is 0 Å². The van der Waals surface area contributed by atoms with E-state index in [0.717, 1.165) is 45.8 Å². The molecule has 2 amide bonds. The molecular formula is C26H28N4O. The Hall–Kier alpha value is -3.60. The van der Waals surface area contributed by atoms with E-state index >= 15 is 0 Å². The average Bonchev–Trinajstić information content (AvgIpc) is 3.09. The number of amides is 2. The molecule has 31 heavy (non-hydrogen) atoms. The molecule has 0 atom stereocenters. The molecule has 0 fully saturated rings. The number of aryl methyl sites for hydroxylation is 1. The van der Waals surface area contributed by atoms with Crippen molar-refractivity contribution in [3.05, 3.63) is 78.6 Å². The minimum absolute atomic E-state index is 0.170. The van der Waals surface area contributed by atoms with Gasteiger partial charge in [-0.15, -0.1) is 0 Å². The fraction of sp³-hybridized carbons (Fsp3) is 0.231. The molecule has 0 aliphatic rings. The number of imidazole rings is 1. The summed E-state index contributed by atoms with van der Waals surface area (Å²) in [5.41, 5.74) is 6.11. The van der Waals surface area contributed by atoms with Crippen molar-refractivity contribution in [1.82, 2.24) is 14.9 Å². The number of carbonyl (C=O) groups excluding carboxylic acids is 1. The highest BCUT2D eigenvalue weighted by molar-refractivity contribution is 5.90. The lowest BCUT2D eigenvalue weighted by Gasteiger charge is -2.10. The van der Waals surface area contributed by atoms with Crippen LogP contribution in [0.5, 0.6) is 0 Å². The van der Waals surface area contributed by atoms with E-state index < -0.39 is 0 Å². The Morgan fingerprint density at radius 3 is 2.39 bits per heavy atom. The summed E-state index contributed by atoms with van der Waals surface area (Å²) in [5.74, 6) is 1.53. The van der Waals surface area contributed by atoms with Crippen molar-refractivity contribution in [2.45, 2.75) is 27.2 Å². The summed E-state index contributed by atoms with van der Waals surface area (Å²) in [6.07, 6.45) is 0.967. The number of rotatable bonds is 6. The topological polar surface area (TPSA) is 59.0 Å². The van der Waals surface area contributed by atoms with Crippen molar-refractivity contribution in [1.29, 1.82) is 0 Å². The Balaban J connectivity index is 1.51. The number of nitrogens with one attached hydrogen (secondary N) is 2. The first-order chi connectivity index (χ1) is 15.0. The van der Waals surface area contributed by atoms with Crippen LogP contribution in [0.2, 0.25) is 0 Å². The molecule has 1 heterocycles. The highest BCUT2D eigenvalue weighted by atomic mass is 16.2. The van der Waals surface area contributed by atoms with Gasteiger partial charge in [0.05, 0.1) is 11.0 Å². The lowest BCUT2D eigenvalue weighted by Crippen LogP contribution is -2.30. The van der Waals surface area contributed by atoms with E-state index in [9.17, 15) is 4.79 Å². The third-order valence-corrected chi connectivity index (χ3v) is 5.32. The number of aromatic nitrogens is 2. The molecule has 158 valence electrons. The molecule has 0 saturated heterocycles. The minimum atomic E-state index is -0.170. The van der Waals surface area contributed by atoms with Crippen LogP contribution < -0.4 is 10.6 Å². The maximum absolute atomic E-state index is 12.0. The number of hydrogen-bond donors (Lipinski definition) is 2. The summed E-state index contributed by atoms with van der Waals surface area (Å²) < 4.78 is 2.17. The lowest BCUT2D eigenvalue weighted by molar-refractivity contribution is 0.251. The predicted octanol–water partition coefficient (Wildman–Crippen LogP) is 6.17. The van der Waals surface area contributed by atoms with Crippen LogP contribution in [0.1, 0.15) is 26.1 Å². The predicted molar refractivity (Wildman–Crippen MR) is 128 cm³/mol. The van der Waals surface area contributed by atoms with Gasteiger partial charge in [-0.05, 0) is 66.8 Å². The molecule has 0 unspecified atom stereocenters. The molecule has 0 radical (unpaired) electrons. The normalized spacial score (nSPS) is 11.1. The van der Waals surface area contributed by atoms with Gasteiger partial charge in [-0.1, -0.05) is 50.2 Å². The molecule has 0 spiro atoms. The van der Waals surface area contributed by atoms with Gasteiger partial charge in [0.1, 0.15) is 5.82 Å². The summed E-state index contributed by atoms with van der Waals surface area (Å²) in [5, 5.41) is 5.78. The van der Waals surface area contributed by atoms with Crippen molar-refractivity contribution in [2.75, 3.05) is 11.9 Å². The Labute approximate surface area is 183 Å². The molecule has 3 aromatic carbocycles. The Morgan fingerprint density at radius 1 is 0.968 bits per heavy atom. The number of urea groups is 1. The standard InChI is InChI=1S/C26H28N4O/c1-18(2)15-16-27-26(31)29-22-12-9-20(10-13-22)21-11-14-25-24(17-21)28-19(3)30(25)23-7-5-4-6-8-23/h4-14,17-18H,15-16H2,1-3H3,(H2,27,29,31). The third kappa shape index (κ3) is 4.77. The largest absolute Gasteiger partial charge is 0.338 e. The Bertz CT molecular complexity index is 1180. The van der Waals surface area contributed by atoms with Crippen molar-refractivity contribution in [3.8, 4) is 16.8 Å². The number of fused-ring (bicyclic) bond motifs is 1. The maximum Gasteiger partial charge on any atom is 0.319 e. The second kappa shape index (κ2) is 9.04. The van der Waals surface area contributed by atoms with Gasteiger partial charge >= 0.3 is 6.03 Å². The van der Waals surface area contributed by atoms with E-state index in [2.05, 4.69) is 59.4 Å². The van der Waals surface area contributed by atoms with Gasteiger partial charge in [0.2, 0.25) is 0 Å². The zero-order valence-electron chi connectivity index (χ0n) is 18.2. The van der Waals surface area contributed by atoms with Gasteiger partial charge in [0.15, 0.2) is 0 Å². The first-order valence-corrected chi connectivity index (χ1v) is 10.7. The molecule has 2 N–H and O–H groups in total. The van der Waals surface area contributed by atoms with Crippen LogP contribution in [0.25, 0.3) is 27.8 Å². The second-order valence-corrected chi connectivity index (χ2v) is 8.17. The summed E-state index contributed by atoms with van der Waals surface area (Å²) >= 11 is 0. The van der Waals surface area contributed by atoms with E-state index in [1.165, 1.54) is 0 Å². The van der Waals surface area contributed by atoms with Crippen LogP contribution in [-0.2, 0) is 0 Å². The van der Waals surface area contributed by atoms with Crippen LogP contribution in [0.15, 0.2) is 72.8 Å². The average molecular weight is 413 g/mol. The SMILES string of the molecule is Cc1nc2cc(-c3ccc(NC(=O)NCCC(C)C)cc3)ccc2n1-c1ccccc1. The quantitative estimate of drug-likeness (QED) is 0.398. The molecule has 4 aromatic rings.